The summed E-state index contributed by atoms with van der Waals surface area (Å²) >= 11 is 3.57. The topological polar surface area (TPSA) is 0 Å². The van der Waals surface area contributed by atoms with E-state index in [0.29, 0.717) is 12.1 Å². The molecular weight excluding hydrogens is 408 g/mol. The summed E-state index contributed by atoms with van der Waals surface area (Å²) < 4.78 is 157. The lowest BCUT2D eigenvalue weighted by atomic mass is 9.91. The van der Waals surface area contributed by atoms with Gasteiger partial charge in [-0.3, -0.25) is 0 Å². The third kappa shape index (κ3) is 2.91. The fourth-order valence-electron chi connectivity index (χ4n) is 1.60. The van der Waals surface area contributed by atoms with Crippen LogP contribution < -0.4 is 0 Å². The molecule has 0 fully saturated rings. The van der Waals surface area contributed by atoms with Crippen LogP contribution in [0.1, 0.15) is 5.56 Å². The predicted octanol–water partition coefficient (Wildman–Crippen LogP) is 6.15. The SMILES string of the molecule is FC(F)(Cl)C(F)(F)C(F)(F)C(F)(F)C(F)(F)C(F)(F)c1ccccc1. The van der Waals surface area contributed by atoms with E-state index in [2.05, 4.69) is 11.6 Å². The molecular formula is C12H5ClF12. The van der Waals surface area contributed by atoms with E-state index in [9.17, 15) is 52.7 Å². The van der Waals surface area contributed by atoms with E-state index in [1.54, 1.807) is 0 Å². The van der Waals surface area contributed by atoms with Crippen LogP contribution in [0.15, 0.2) is 30.3 Å². The summed E-state index contributed by atoms with van der Waals surface area (Å²) in [5, 5.41) is -6.43. The minimum atomic E-state index is -7.63. The first kappa shape index (κ1) is 21.7. The van der Waals surface area contributed by atoms with Crippen LogP contribution in [-0.2, 0) is 5.92 Å². The molecule has 0 amide bonds. The Hall–Kier alpha value is -1.33. The predicted molar refractivity (Wildman–Crippen MR) is 60.9 cm³/mol. The van der Waals surface area contributed by atoms with Gasteiger partial charge < -0.3 is 0 Å². The first-order valence-corrected chi connectivity index (χ1v) is 6.25. The third-order valence-corrected chi connectivity index (χ3v) is 3.31. The molecule has 25 heavy (non-hydrogen) atoms. The van der Waals surface area contributed by atoms with Crippen LogP contribution in [0.5, 0.6) is 0 Å². The van der Waals surface area contributed by atoms with Crippen molar-refractivity contribution in [2.45, 2.75) is 35.0 Å². The highest BCUT2D eigenvalue weighted by atomic mass is 35.5. The Morgan fingerprint density at radius 3 is 1.24 bits per heavy atom. The van der Waals surface area contributed by atoms with Gasteiger partial charge in [-0.15, -0.1) is 0 Å². The van der Waals surface area contributed by atoms with Crippen LogP contribution in [-0.4, -0.2) is 29.1 Å². The fourth-order valence-corrected chi connectivity index (χ4v) is 1.72. The standard InChI is InChI=1S/C12H5ClF12/c13-12(24,25)11(22,23)10(20,21)9(18,19)8(16,17)7(14,15)6-4-2-1-3-5-6/h1-5H. The van der Waals surface area contributed by atoms with Crippen molar-refractivity contribution in [1.82, 2.24) is 0 Å². The third-order valence-electron chi connectivity index (χ3n) is 3.07. The molecule has 144 valence electrons. The number of benzene rings is 1. The molecule has 0 bridgehead atoms. The zero-order chi connectivity index (χ0) is 20.1. The average molecular weight is 413 g/mol. The monoisotopic (exact) mass is 412 g/mol. The number of hydrogen-bond donors (Lipinski definition) is 0. The second kappa shape index (κ2) is 5.85. The first-order chi connectivity index (χ1) is 10.9. The second-order valence-electron chi connectivity index (χ2n) is 4.74. The Kier molecular flexibility index (Phi) is 5.08. The quantitative estimate of drug-likeness (QED) is 0.388. The van der Waals surface area contributed by atoms with Gasteiger partial charge >= 0.3 is 35.0 Å². The Bertz CT molecular complexity index is 604. The Morgan fingerprint density at radius 2 is 0.880 bits per heavy atom. The van der Waals surface area contributed by atoms with Crippen molar-refractivity contribution >= 4 is 11.6 Å². The number of hydrogen-bond acceptors (Lipinski definition) is 0. The van der Waals surface area contributed by atoms with E-state index in [-0.39, 0.29) is 12.1 Å². The molecule has 0 aliphatic heterocycles. The van der Waals surface area contributed by atoms with E-state index >= 15 is 0 Å². The van der Waals surface area contributed by atoms with Crippen molar-refractivity contribution in [2.75, 3.05) is 0 Å². The highest BCUT2D eigenvalue weighted by Crippen LogP contribution is 2.62. The van der Waals surface area contributed by atoms with Crippen molar-refractivity contribution in [3.05, 3.63) is 35.9 Å². The first-order valence-electron chi connectivity index (χ1n) is 5.87. The molecule has 1 rings (SSSR count). The Balaban J connectivity index is 3.54. The van der Waals surface area contributed by atoms with Crippen LogP contribution >= 0.6 is 11.6 Å². The molecule has 0 unspecified atom stereocenters. The van der Waals surface area contributed by atoms with Crippen LogP contribution in [0.25, 0.3) is 0 Å². The molecule has 13 heteroatoms. The zero-order valence-electron chi connectivity index (χ0n) is 11.3. The molecule has 0 N–H and O–H groups in total. The van der Waals surface area contributed by atoms with Crippen LogP contribution in [0.4, 0.5) is 52.7 Å². The van der Waals surface area contributed by atoms with Crippen LogP contribution in [0.2, 0.25) is 0 Å². The van der Waals surface area contributed by atoms with Gasteiger partial charge in [0, 0.05) is 5.56 Å². The number of halogens is 13. The van der Waals surface area contributed by atoms with Gasteiger partial charge in [0.1, 0.15) is 0 Å². The lowest BCUT2D eigenvalue weighted by molar-refractivity contribution is -0.419. The van der Waals surface area contributed by atoms with Gasteiger partial charge in [-0.1, -0.05) is 30.3 Å². The molecule has 0 atom stereocenters. The summed E-state index contributed by atoms with van der Waals surface area (Å²) in [7, 11) is 0. The molecule has 1 aromatic carbocycles. The zero-order valence-corrected chi connectivity index (χ0v) is 12.1. The maximum atomic E-state index is 13.6. The Morgan fingerprint density at radius 1 is 0.520 bits per heavy atom. The molecule has 0 aliphatic carbocycles. The molecule has 0 saturated heterocycles. The van der Waals surface area contributed by atoms with E-state index < -0.39 is 40.6 Å². The molecule has 0 heterocycles. The van der Waals surface area contributed by atoms with Crippen LogP contribution in [0, 0.1) is 0 Å². The Labute approximate surface area is 136 Å². The lowest BCUT2D eigenvalue weighted by Crippen LogP contribution is -2.69. The molecule has 0 aliphatic rings. The highest BCUT2D eigenvalue weighted by Gasteiger charge is 2.90. The van der Waals surface area contributed by atoms with E-state index in [1.165, 1.54) is 0 Å². The maximum absolute atomic E-state index is 13.6. The molecule has 0 saturated carbocycles. The van der Waals surface area contributed by atoms with Gasteiger partial charge in [0.25, 0.3) is 0 Å². The van der Waals surface area contributed by atoms with Crippen molar-refractivity contribution in [3.8, 4) is 0 Å². The minimum Gasteiger partial charge on any atom is -0.194 e. The van der Waals surface area contributed by atoms with Crippen molar-refractivity contribution < 1.29 is 52.7 Å². The van der Waals surface area contributed by atoms with Crippen molar-refractivity contribution in [3.63, 3.8) is 0 Å². The van der Waals surface area contributed by atoms with Gasteiger partial charge in [-0.25, -0.2) is 0 Å². The van der Waals surface area contributed by atoms with Gasteiger partial charge in [-0.2, -0.15) is 52.7 Å². The lowest BCUT2D eigenvalue weighted by Gasteiger charge is -2.40. The number of rotatable bonds is 6. The summed E-state index contributed by atoms with van der Waals surface area (Å²) in [5.74, 6) is -35.8. The second-order valence-corrected chi connectivity index (χ2v) is 5.21. The largest absolute Gasteiger partial charge is 0.393 e. The molecule has 0 nitrogen and oxygen atoms in total. The summed E-state index contributed by atoms with van der Waals surface area (Å²) in [5.41, 5.74) is -1.93. The fraction of sp³-hybridized carbons (Fsp3) is 0.500. The van der Waals surface area contributed by atoms with E-state index in [0.717, 1.165) is 6.07 Å². The molecule has 1 aromatic rings. The van der Waals surface area contributed by atoms with Gasteiger partial charge in [0.2, 0.25) is 0 Å². The van der Waals surface area contributed by atoms with Crippen LogP contribution in [0.3, 0.4) is 0 Å². The maximum Gasteiger partial charge on any atom is 0.393 e. The summed E-state index contributed by atoms with van der Waals surface area (Å²) in [6, 6.07) is 2.48. The van der Waals surface area contributed by atoms with Gasteiger partial charge in [0.15, 0.2) is 0 Å². The molecule has 0 spiro atoms. The molecule has 0 radical (unpaired) electrons. The average Bonchev–Trinajstić information content (AvgIpc) is 2.46. The van der Waals surface area contributed by atoms with E-state index in [1.807, 2.05) is 0 Å². The summed E-state index contributed by atoms with van der Waals surface area (Å²) in [6.45, 7) is 0. The smallest absolute Gasteiger partial charge is 0.194 e. The number of alkyl halides is 13. The summed E-state index contributed by atoms with van der Waals surface area (Å²) in [4.78, 5) is 0. The summed E-state index contributed by atoms with van der Waals surface area (Å²) in [6.07, 6.45) is 0. The highest BCUT2D eigenvalue weighted by molar-refractivity contribution is 6.22. The van der Waals surface area contributed by atoms with Gasteiger partial charge in [0.05, 0.1) is 0 Å². The normalized spacial score (nSPS) is 15.4. The van der Waals surface area contributed by atoms with Crippen molar-refractivity contribution in [2.24, 2.45) is 0 Å². The minimum absolute atomic E-state index is 0.121. The van der Waals surface area contributed by atoms with Gasteiger partial charge in [-0.05, 0) is 11.6 Å². The van der Waals surface area contributed by atoms with E-state index in [4.69, 9.17) is 0 Å². The molecule has 0 aromatic heterocycles. The van der Waals surface area contributed by atoms with Crippen molar-refractivity contribution in [1.29, 1.82) is 0 Å².